The summed E-state index contributed by atoms with van der Waals surface area (Å²) in [5.74, 6) is 3.59. The molecule has 129 heavy (non-hydrogen) atoms. The summed E-state index contributed by atoms with van der Waals surface area (Å²) in [6.07, 6.45) is 21.1. The van der Waals surface area contributed by atoms with Crippen LogP contribution in [0.4, 0.5) is 0 Å². The van der Waals surface area contributed by atoms with Crippen LogP contribution in [-0.2, 0) is 94.1 Å². The van der Waals surface area contributed by atoms with Gasteiger partial charge in [-0.3, -0.25) is 59.2 Å². The Kier molecular flexibility index (Phi) is 96.2. The molecule has 0 unspecified atom stereocenters. The summed E-state index contributed by atoms with van der Waals surface area (Å²) in [6.45, 7) is 3.57. The maximum atomic E-state index is 12.6. The summed E-state index contributed by atoms with van der Waals surface area (Å²) in [4.78, 5) is 108. The Morgan fingerprint density at radius 1 is 0.326 bits per heavy atom. The van der Waals surface area contributed by atoms with Crippen LogP contribution in [0.2, 0.25) is 0 Å². The number of amides is 6. The number of hydrogen-bond acceptors (Lipinski definition) is 28. The molecule has 2 aromatic rings. The number of unbranched alkanes of at least 4 members (excludes halogenated alkanes) is 12. The predicted octanol–water partition coefficient (Wildman–Crippen LogP) is 3.40. The number of amidine groups is 2. The van der Waals surface area contributed by atoms with Gasteiger partial charge in [-0.1, -0.05) is 73.0 Å². The summed E-state index contributed by atoms with van der Waals surface area (Å²) in [7, 11) is 3.54. The van der Waals surface area contributed by atoms with Gasteiger partial charge in [-0.25, -0.2) is 0 Å². The van der Waals surface area contributed by atoms with Crippen molar-refractivity contribution >= 4 is 225 Å². The SMILES string of the molecule is N=C(N)CCCCC[C@H](N)C(=O)NCCCC[C@H](N)C(=O)NCCOc1cc(CS)c(CS)cc1OCCNC(=O)[C@@H](N)CCCCCC(=O)[C@@H](N)CCCCN=C(N)N.N=C(N)CCCCC[C@H](N)C(=O)NCCCC[C@H](N)C(=O)NCCOc1cc2c(cc1OCCNC(=O)[C@@H](N)CCCCCC(=O)[C@@H](N)CCCCN=C(N)N)CSSC2.S.S.S.S.S.S.S.S.[Y]. The van der Waals surface area contributed by atoms with E-state index < -0.39 is 48.3 Å². The fourth-order valence-electron chi connectivity index (χ4n) is 12.3. The van der Waals surface area contributed by atoms with Crippen molar-refractivity contribution in [2.45, 2.75) is 277 Å². The van der Waals surface area contributed by atoms with E-state index in [0.717, 1.165) is 111 Å². The van der Waals surface area contributed by atoms with E-state index in [1.165, 1.54) is 0 Å². The molecule has 8 atom stereocenters. The van der Waals surface area contributed by atoms with Crippen molar-refractivity contribution in [1.82, 2.24) is 31.9 Å². The average Bonchev–Trinajstić information content (AvgIpc) is 0.822. The Labute approximate surface area is 865 Å². The molecule has 0 fully saturated rings. The minimum atomic E-state index is -0.712. The molecule has 749 valence electrons. The van der Waals surface area contributed by atoms with Gasteiger partial charge in [0.15, 0.2) is 34.9 Å². The van der Waals surface area contributed by atoms with Gasteiger partial charge >= 0.3 is 0 Å². The molecule has 0 saturated carbocycles. The second kappa shape index (κ2) is 88.3. The number of aliphatic imine (C=N–C) groups is 2. The number of thiol groups is 2. The van der Waals surface area contributed by atoms with Gasteiger partial charge < -0.3 is 131 Å². The molecule has 36 N–H and O–H groups in total. The van der Waals surface area contributed by atoms with Crippen molar-refractivity contribution in [2.24, 2.45) is 90.3 Å². The number of nitrogens with zero attached hydrogens (tertiary/aromatic N) is 2. The first-order valence-corrected chi connectivity index (χ1v) is 46.0. The van der Waals surface area contributed by atoms with E-state index in [0.29, 0.717) is 189 Å². The Bertz CT molecular complexity index is 3250. The number of carbonyl (C=O) groups is 8. The van der Waals surface area contributed by atoms with E-state index in [4.69, 9.17) is 110 Å². The molecular weight excluding hydrogens is 1960 g/mol. The molecule has 0 spiro atoms. The summed E-state index contributed by atoms with van der Waals surface area (Å²) in [6, 6.07) is 2.69. The third kappa shape index (κ3) is 69.7. The molecule has 1 aliphatic rings. The fourth-order valence-corrected chi connectivity index (χ4v) is 15.1. The van der Waals surface area contributed by atoms with Crippen molar-refractivity contribution in [1.29, 1.82) is 10.8 Å². The first-order chi connectivity index (χ1) is 57.5. The van der Waals surface area contributed by atoms with Crippen molar-refractivity contribution < 1.29 is 90.0 Å². The van der Waals surface area contributed by atoms with E-state index in [1.54, 1.807) is 21.6 Å². The number of guanidine groups is 2. The van der Waals surface area contributed by atoms with Crippen LogP contribution in [0.25, 0.3) is 0 Å². The number of fused-ring (bicyclic) bond motifs is 1. The second-order valence-electron chi connectivity index (χ2n) is 29.9. The third-order valence-corrected chi connectivity index (χ3v) is 22.5. The zero-order chi connectivity index (χ0) is 88.8. The molecule has 2 aromatic carbocycles. The molecule has 49 heteroatoms. The summed E-state index contributed by atoms with van der Waals surface area (Å²) >= 11 is 8.87. The third-order valence-electron chi connectivity index (χ3n) is 19.6. The van der Waals surface area contributed by atoms with Crippen LogP contribution >= 0.6 is 155 Å². The van der Waals surface area contributed by atoms with Crippen molar-refractivity contribution in [3.8, 4) is 23.0 Å². The quantitative estimate of drug-likeness (QED) is 0.0148. The van der Waals surface area contributed by atoms with Gasteiger partial charge in [-0.15, -0.1) is 0 Å². The number of Topliss-reactive ketones (excluding diaryl/α,β-unsaturated/α-hetero) is 2. The molecule has 36 nitrogen and oxygen atoms in total. The van der Waals surface area contributed by atoms with E-state index in [1.807, 2.05) is 24.3 Å². The van der Waals surface area contributed by atoms with Gasteiger partial charge in [-0.05, 0) is 175 Å². The van der Waals surface area contributed by atoms with Gasteiger partial charge in [0, 0.05) is 108 Å². The zero-order valence-electron chi connectivity index (χ0n) is 75.0. The number of ether oxygens (including phenoxy) is 4. The molecular formula is C80H162N24O12S12Y. The van der Waals surface area contributed by atoms with E-state index in [9.17, 15) is 38.4 Å². The number of benzene rings is 2. The molecule has 0 saturated heterocycles. The molecule has 1 heterocycles. The minimum Gasteiger partial charge on any atom is -0.488 e. The zero-order valence-corrected chi connectivity index (χ0v) is 89.3. The van der Waals surface area contributed by atoms with Crippen molar-refractivity contribution in [3.05, 3.63) is 46.5 Å². The molecule has 0 aliphatic carbocycles. The second-order valence-corrected chi connectivity index (χ2v) is 33.0. The van der Waals surface area contributed by atoms with Gasteiger partial charge in [0.2, 0.25) is 35.4 Å². The first-order valence-electron chi connectivity index (χ1n) is 42.3. The van der Waals surface area contributed by atoms with Crippen molar-refractivity contribution in [3.63, 3.8) is 0 Å². The van der Waals surface area contributed by atoms with Crippen LogP contribution < -0.4 is 131 Å². The molecule has 6 amide bonds. The first kappa shape index (κ1) is 141. The predicted molar refractivity (Wildman–Crippen MR) is 571 cm³/mol. The number of rotatable bonds is 70. The molecule has 1 radical (unpaired) electrons. The summed E-state index contributed by atoms with van der Waals surface area (Å²) in [5, 5.41) is 31.5. The average molecular weight is 2130 g/mol. The van der Waals surface area contributed by atoms with Crippen LogP contribution in [0.3, 0.4) is 0 Å². The monoisotopic (exact) mass is 2120 g/mol. The normalized spacial score (nSPS) is 12.6. The fraction of sp³-hybridized carbons (Fsp3) is 0.700. The van der Waals surface area contributed by atoms with E-state index >= 15 is 0 Å². The number of nitrogens with two attached hydrogens (primary N) is 14. The van der Waals surface area contributed by atoms with Gasteiger partial charge in [0.05, 0.1) is 86.2 Å². The van der Waals surface area contributed by atoms with Crippen LogP contribution in [0.15, 0.2) is 34.3 Å². The minimum absolute atomic E-state index is 0. The van der Waals surface area contributed by atoms with E-state index in [2.05, 4.69) is 67.1 Å². The Morgan fingerprint density at radius 3 is 0.798 bits per heavy atom. The molecule has 0 bridgehead atoms. The van der Waals surface area contributed by atoms with Gasteiger partial charge in [-0.2, -0.15) is 133 Å². The number of hydrogen-bond donors (Lipinski definition) is 24. The number of carbonyl (C=O) groups excluding carboxylic acids is 8. The van der Waals surface area contributed by atoms with E-state index in [-0.39, 0.29) is 264 Å². The van der Waals surface area contributed by atoms with Crippen LogP contribution in [0.5, 0.6) is 23.0 Å². The topological polar surface area (TPSA) is 682 Å². The van der Waals surface area contributed by atoms with Crippen LogP contribution in [0, 0.1) is 10.8 Å². The maximum absolute atomic E-state index is 12.6. The standard InChI is InChI=1S/C40H72N12O6S2.C40H74N12O6S2.8H2S.Y/c41-29(11-7-10-18-52-40(47)48)33(53)15-5-1-3-12-31(43)38(55)50-19-21-57-34-23-27-25-59-60-26-28(27)24-35(34)58-22-20-51-39(56)32(44)14-8-9-17-49-37(54)30(42)13-4-2-6-16-36(45)46;41-29(11-7-10-18-52-40(47)48)33(53)15-5-1-3-12-31(43)38(55)50-19-21-57-34-23-27(25-59)28(26-60)24-35(34)58-22-20-51-39(56)32(44)14-8-9-17-49-37(54)30(42)13-4-2-6-16-36(45)46;;;;;;;;;/h23-24,29-32H,1-22,25-26,41-44H2,(H3,45,46)(H,49,54)(H,50,55)(H,51,56)(H4,47,48,52);23-24,29-32,59-60H,1-22,25-26,41-44H2,(H3,45,46)(H,49,54)(H,50,55)(H,51,56)(H4,47,48,52);8*1H2;/t2*29-,30-,31-,32-;;;;;;;;;/m00........./s1. The molecule has 1 aliphatic heterocycles. The Hall–Kier alpha value is -3.74. The molecule has 0 aromatic heterocycles. The van der Waals surface area contributed by atoms with Crippen molar-refractivity contribution in [2.75, 3.05) is 78.8 Å². The Morgan fingerprint density at radius 2 is 0.550 bits per heavy atom. The molecule has 3 rings (SSSR count). The largest absolute Gasteiger partial charge is 0.488 e. The van der Waals surface area contributed by atoms with Crippen LogP contribution in [-0.4, -0.2) is 198 Å². The van der Waals surface area contributed by atoms with Gasteiger partial charge in [0.1, 0.15) is 38.0 Å². The van der Waals surface area contributed by atoms with Gasteiger partial charge in [0.25, 0.3) is 0 Å². The van der Waals surface area contributed by atoms with Crippen LogP contribution in [0.1, 0.15) is 228 Å². The summed E-state index contributed by atoms with van der Waals surface area (Å²) in [5.41, 5.74) is 84.6. The smallest absolute Gasteiger partial charge is 0.237 e. The maximum Gasteiger partial charge on any atom is 0.237 e. The number of ketones is 2. The Balaban J connectivity index is -0.000000354. The summed E-state index contributed by atoms with van der Waals surface area (Å²) < 4.78 is 24.1. The number of nitrogens with one attached hydrogen (secondary N) is 8.